The lowest BCUT2D eigenvalue weighted by atomic mass is 9.87. The second-order valence-electron chi connectivity index (χ2n) is 3.20. The van der Waals surface area contributed by atoms with E-state index in [1.807, 2.05) is 0 Å². The summed E-state index contributed by atoms with van der Waals surface area (Å²) in [6.45, 7) is 0. The van der Waals surface area contributed by atoms with Gasteiger partial charge in [0.2, 0.25) is 0 Å². The SMILES string of the molecule is O=C(C1CCCCC1)C(Br)(Br)Br. The molecular weight excluding hydrogens is 352 g/mol. The van der Waals surface area contributed by atoms with Crippen LogP contribution in [0.1, 0.15) is 32.1 Å². The highest BCUT2D eigenvalue weighted by Crippen LogP contribution is 2.40. The highest BCUT2D eigenvalue weighted by atomic mass is 80.0. The normalized spacial score (nSPS) is 20.9. The molecule has 0 aromatic carbocycles. The molecule has 0 spiro atoms. The first-order chi connectivity index (χ1) is 5.52. The number of Topliss-reactive ketones (excluding diaryl/α,β-unsaturated/α-hetero) is 1. The minimum atomic E-state index is -0.686. The lowest BCUT2D eigenvalue weighted by Crippen LogP contribution is -2.27. The predicted octanol–water partition coefficient (Wildman–Crippen LogP) is 3.97. The van der Waals surface area contributed by atoms with Gasteiger partial charge in [0, 0.05) is 5.92 Å². The van der Waals surface area contributed by atoms with Crippen LogP contribution in [0.25, 0.3) is 0 Å². The van der Waals surface area contributed by atoms with Crippen molar-refractivity contribution in [3.63, 3.8) is 0 Å². The molecule has 1 rings (SSSR count). The van der Waals surface area contributed by atoms with Gasteiger partial charge in [0.1, 0.15) is 0 Å². The fourth-order valence-electron chi connectivity index (χ4n) is 1.60. The maximum atomic E-state index is 11.7. The minimum absolute atomic E-state index is 0.224. The van der Waals surface area contributed by atoms with Gasteiger partial charge in [-0.3, -0.25) is 4.79 Å². The Labute approximate surface area is 98.1 Å². The summed E-state index contributed by atoms with van der Waals surface area (Å²) in [5.74, 6) is 0.457. The maximum Gasteiger partial charge on any atom is 0.192 e. The summed E-state index contributed by atoms with van der Waals surface area (Å²) < 4.78 is -0.686. The quantitative estimate of drug-likeness (QED) is 0.645. The molecule has 0 unspecified atom stereocenters. The largest absolute Gasteiger partial charge is 0.296 e. The van der Waals surface area contributed by atoms with Gasteiger partial charge in [0.05, 0.1) is 0 Å². The van der Waals surface area contributed by atoms with Gasteiger partial charge in [0.25, 0.3) is 0 Å². The molecule has 0 heterocycles. The third-order valence-corrected chi connectivity index (χ3v) is 3.43. The molecule has 0 atom stereocenters. The van der Waals surface area contributed by atoms with Crippen LogP contribution < -0.4 is 0 Å². The third-order valence-electron chi connectivity index (χ3n) is 2.26. The van der Waals surface area contributed by atoms with E-state index in [0.717, 1.165) is 12.8 Å². The van der Waals surface area contributed by atoms with Gasteiger partial charge in [-0.05, 0) is 12.8 Å². The van der Waals surface area contributed by atoms with E-state index in [0.29, 0.717) is 0 Å². The van der Waals surface area contributed by atoms with Crippen molar-refractivity contribution in [2.75, 3.05) is 0 Å². The van der Waals surface area contributed by atoms with Crippen molar-refractivity contribution in [1.82, 2.24) is 0 Å². The fourth-order valence-corrected chi connectivity index (χ4v) is 2.57. The first-order valence-electron chi connectivity index (χ1n) is 4.13. The van der Waals surface area contributed by atoms with Crippen LogP contribution in [0.15, 0.2) is 0 Å². The van der Waals surface area contributed by atoms with Crippen molar-refractivity contribution in [1.29, 1.82) is 0 Å². The summed E-state index contributed by atoms with van der Waals surface area (Å²) >= 11 is 9.79. The molecular formula is C8H11Br3O. The monoisotopic (exact) mass is 360 g/mol. The molecule has 1 aliphatic rings. The van der Waals surface area contributed by atoms with E-state index < -0.39 is 2.14 Å². The highest BCUT2D eigenvalue weighted by molar-refractivity contribution is 9.40. The lowest BCUT2D eigenvalue weighted by molar-refractivity contribution is -0.122. The Morgan fingerprint density at radius 2 is 1.58 bits per heavy atom. The molecule has 70 valence electrons. The van der Waals surface area contributed by atoms with Gasteiger partial charge in [-0.2, -0.15) is 0 Å². The number of hydrogen-bond acceptors (Lipinski definition) is 1. The van der Waals surface area contributed by atoms with Crippen LogP contribution >= 0.6 is 47.8 Å². The topological polar surface area (TPSA) is 17.1 Å². The van der Waals surface area contributed by atoms with E-state index in [4.69, 9.17) is 0 Å². The number of carbonyl (C=O) groups excluding carboxylic acids is 1. The molecule has 0 aromatic heterocycles. The Kier molecular flexibility index (Phi) is 4.25. The molecule has 1 fully saturated rings. The standard InChI is InChI=1S/C8H11Br3O/c9-8(10,11)7(12)6-4-2-1-3-5-6/h6H,1-5H2. The van der Waals surface area contributed by atoms with Crippen LogP contribution in [0.5, 0.6) is 0 Å². The average Bonchev–Trinajstić information content (AvgIpc) is 2.03. The van der Waals surface area contributed by atoms with Crippen molar-refractivity contribution in [3.05, 3.63) is 0 Å². The summed E-state index contributed by atoms with van der Waals surface area (Å²) in [6, 6.07) is 0. The maximum absolute atomic E-state index is 11.7. The first-order valence-corrected chi connectivity index (χ1v) is 6.51. The Hall–Kier alpha value is 1.11. The van der Waals surface area contributed by atoms with Gasteiger partial charge in [0.15, 0.2) is 7.93 Å². The van der Waals surface area contributed by atoms with E-state index in [9.17, 15) is 4.79 Å². The van der Waals surface area contributed by atoms with E-state index in [2.05, 4.69) is 47.8 Å². The van der Waals surface area contributed by atoms with Crippen molar-refractivity contribution in [2.24, 2.45) is 5.92 Å². The molecule has 0 amide bonds. The van der Waals surface area contributed by atoms with Gasteiger partial charge in [-0.25, -0.2) is 0 Å². The zero-order valence-corrected chi connectivity index (χ0v) is 11.4. The molecule has 0 aromatic rings. The molecule has 0 aliphatic heterocycles. The van der Waals surface area contributed by atoms with Crippen molar-refractivity contribution in [3.8, 4) is 0 Å². The van der Waals surface area contributed by atoms with Crippen LogP contribution in [-0.2, 0) is 4.79 Å². The first kappa shape index (κ1) is 11.2. The van der Waals surface area contributed by atoms with E-state index in [1.165, 1.54) is 19.3 Å². The molecule has 1 aliphatic carbocycles. The minimum Gasteiger partial charge on any atom is -0.296 e. The highest BCUT2D eigenvalue weighted by Gasteiger charge is 2.35. The summed E-state index contributed by atoms with van der Waals surface area (Å²) in [5, 5.41) is 0. The Morgan fingerprint density at radius 3 is 2.00 bits per heavy atom. The second kappa shape index (κ2) is 4.56. The van der Waals surface area contributed by atoms with Crippen LogP contribution in [0.4, 0.5) is 0 Å². The summed E-state index contributed by atoms with van der Waals surface area (Å²) in [6.07, 6.45) is 5.76. The number of ketones is 1. The molecule has 0 saturated heterocycles. The van der Waals surface area contributed by atoms with Crippen LogP contribution in [0, 0.1) is 5.92 Å². The van der Waals surface area contributed by atoms with E-state index >= 15 is 0 Å². The zero-order chi connectivity index (χ0) is 9.19. The predicted molar refractivity (Wildman–Crippen MR) is 61.1 cm³/mol. The number of alkyl halides is 3. The smallest absolute Gasteiger partial charge is 0.192 e. The molecule has 12 heavy (non-hydrogen) atoms. The van der Waals surface area contributed by atoms with Gasteiger partial charge < -0.3 is 0 Å². The second-order valence-corrected chi connectivity index (χ2v) is 9.96. The number of hydrogen-bond donors (Lipinski definition) is 0. The number of rotatable bonds is 1. The molecule has 0 N–H and O–H groups in total. The average molecular weight is 363 g/mol. The number of halogens is 3. The summed E-state index contributed by atoms with van der Waals surface area (Å²) in [7, 11) is 0. The van der Waals surface area contributed by atoms with E-state index in [-0.39, 0.29) is 11.7 Å². The Balaban J connectivity index is 2.51. The Morgan fingerprint density at radius 1 is 1.08 bits per heavy atom. The Bertz CT molecular complexity index is 168. The van der Waals surface area contributed by atoms with Crippen molar-refractivity contribution < 1.29 is 4.79 Å². The number of carbonyl (C=O) groups is 1. The van der Waals surface area contributed by atoms with Crippen LogP contribution in [0.3, 0.4) is 0 Å². The van der Waals surface area contributed by atoms with Gasteiger partial charge in [-0.15, -0.1) is 0 Å². The summed E-state index contributed by atoms with van der Waals surface area (Å²) in [5.41, 5.74) is 0. The molecule has 0 radical (unpaired) electrons. The molecule has 4 heteroatoms. The zero-order valence-electron chi connectivity index (χ0n) is 6.66. The van der Waals surface area contributed by atoms with Crippen LogP contribution in [-0.4, -0.2) is 7.93 Å². The molecule has 1 saturated carbocycles. The van der Waals surface area contributed by atoms with E-state index in [1.54, 1.807) is 0 Å². The molecule has 1 nitrogen and oxygen atoms in total. The van der Waals surface area contributed by atoms with Crippen molar-refractivity contribution in [2.45, 2.75) is 34.2 Å². The lowest BCUT2D eigenvalue weighted by Gasteiger charge is -2.23. The van der Waals surface area contributed by atoms with Crippen LogP contribution in [0.2, 0.25) is 0 Å². The molecule has 0 bridgehead atoms. The van der Waals surface area contributed by atoms with Gasteiger partial charge >= 0.3 is 0 Å². The third kappa shape index (κ3) is 3.11. The van der Waals surface area contributed by atoms with Crippen molar-refractivity contribution >= 4 is 53.6 Å². The van der Waals surface area contributed by atoms with Gasteiger partial charge in [-0.1, -0.05) is 67.1 Å². The fraction of sp³-hybridized carbons (Fsp3) is 0.875. The summed E-state index contributed by atoms with van der Waals surface area (Å²) in [4.78, 5) is 11.7.